The molecule has 294 valence electrons. The van der Waals surface area contributed by atoms with Gasteiger partial charge in [-0.1, -0.05) is 58.9 Å². The van der Waals surface area contributed by atoms with E-state index >= 15 is 0 Å². The van der Waals surface area contributed by atoms with Gasteiger partial charge in [0, 0.05) is 30.9 Å². The number of hydrogen-bond acceptors (Lipinski definition) is 5. The lowest BCUT2D eigenvalue weighted by Gasteiger charge is -2.72. The van der Waals surface area contributed by atoms with Gasteiger partial charge in [-0.15, -0.1) is 0 Å². The average molecular weight is 743 g/mol. The predicted octanol–water partition coefficient (Wildman–Crippen LogP) is 10.1. The van der Waals surface area contributed by atoms with Crippen LogP contribution in [0.3, 0.4) is 0 Å². The lowest BCUT2D eigenvalue weighted by molar-refractivity contribution is -0.221. The molecule has 7 aliphatic rings. The normalized spacial score (nSPS) is 46.3. The monoisotopic (exact) mass is 743 g/mol. The van der Waals surface area contributed by atoms with E-state index in [4.69, 9.17) is 0 Å². The second-order valence-electron chi connectivity index (χ2n) is 20.4. The van der Waals surface area contributed by atoms with Gasteiger partial charge in [-0.05, 0) is 159 Å². The summed E-state index contributed by atoms with van der Waals surface area (Å²) in [4.78, 5) is 14.4. The lowest BCUT2D eigenvalue weighted by Crippen LogP contribution is -2.68. The van der Waals surface area contributed by atoms with Crippen LogP contribution in [0.1, 0.15) is 125 Å². The molecule has 0 aromatic heterocycles. The minimum absolute atomic E-state index is 0.0104. The first-order valence-corrected chi connectivity index (χ1v) is 22.8. The Balaban J connectivity index is 1.12. The molecule has 10 atom stereocenters. The summed E-state index contributed by atoms with van der Waals surface area (Å²) < 4.78 is 34.6. The highest BCUT2D eigenvalue weighted by Crippen LogP contribution is 2.76. The van der Waals surface area contributed by atoms with Crippen LogP contribution in [0.5, 0.6) is 0 Å². The third-order valence-electron chi connectivity index (χ3n) is 17.9. The number of nitrogens with one attached hydrogen (secondary N) is 1. The van der Waals surface area contributed by atoms with Crippen LogP contribution in [-0.2, 0) is 4.79 Å². The maximum absolute atomic E-state index is 14.0. The molecule has 0 amide bonds. The first-order chi connectivity index (χ1) is 24.4. The molecule has 0 spiro atoms. The number of allylic oxidation sites excluding steroid dienone is 5. The highest BCUT2D eigenvalue weighted by atomic mass is 32.3. The van der Waals surface area contributed by atoms with E-state index in [2.05, 4.69) is 70.5 Å². The number of carbonyl (C=O) groups is 1. The Morgan fingerprint density at radius 3 is 2.38 bits per heavy atom. The van der Waals surface area contributed by atoms with Gasteiger partial charge in [0.1, 0.15) is 6.67 Å². The smallest absolute Gasteiger partial charge is 0.312 e. The van der Waals surface area contributed by atoms with Gasteiger partial charge in [0.05, 0.1) is 11.2 Å². The van der Waals surface area contributed by atoms with Crippen molar-refractivity contribution in [2.24, 2.45) is 56.7 Å². The largest absolute Gasteiger partial charge is 0.481 e. The fourth-order valence-electron chi connectivity index (χ4n) is 14.8. The number of carboxylic acids is 1. The number of hydrogen-bond donors (Lipinski definition) is 4. The van der Waals surface area contributed by atoms with Gasteiger partial charge >= 0.3 is 5.97 Å². The van der Waals surface area contributed by atoms with Crippen LogP contribution in [0.15, 0.2) is 35.5 Å². The third kappa shape index (κ3) is 5.96. The van der Waals surface area contributed by atoms with E-state index < -0.39 is 28.6 Å². The van der Waals surface area contributed by atoms with E-state index in [0.717, 1.165) is 39.0 Å². The Bertz CT molecular complexity index is 1490. The molecule has 0 aromatic carbocycles. The average Bonchev–Trinajstić information content (AvgIpc) is 3.38. The molecule has 0 aromatic rings. The number of nitrogens with zero attached hydrogens (tertiary/aromatic N) is 1. The molecule has 4 saturated carbocycles. The van der Waals surface area contributed by atoms with E-state index in [-0.39, 0.29) is 27.2 Å². The second kappa shape index (κ2) is 13.5. The molecule has 0 unspecified atom stereocenters. The Morgan fingerprint density at radius 2 is 1.71 bits per heavy atom. The summed E-state index contributed by atoms with van der Waals surface area (Å²) in [5, 5.41) is 14.1. The van der Waals surface area contributed by atoms with Crippen LogP contribution in [0.4, 0.5) is 4.39 Å². The zero-order valence-corrected chi connectivity index (χ0v) is 34.2. The van der Waals surface area contributed by atoms with Crippen LogP contribution in [-0.4, -0.2) is 75.0 Å². The molecule has 0 bridgehead atoms. The van der Waals surface area contributed by atoms with Gasteiger partial charge in [0.2, 0.25) is 0 Å². The number of aliphatic carboxylic acids is 1. The van der Waals surface area contributed by atoms with Gasteiger partial charge in [-0.3, -0.25) is 13.9 Å². The molecule has 1 aliphatic heterocycles. The van der Waals surface area contributed by atoms with Crippen LogP contribution in [0.25, 0.3) is 0 Å². The molecule has 1 heterocycles. The highest BCUT2D eigenvalue weighted by Gasteiger charge is 2.70. The van der Waals surface area contributed by atoms with E-state index in [0.29, 0.717) is 60.4 Å². The number of fused-ring (bicyclic) bond motifs is 7. The Kier molecular flexibility index (Phi) is 10.1. The molecule has 6 aliphatic carbocycles. The van der Waals surface area contributed by atoms with Gasteiger partial charge in [-0.25, -0.2) is 4.39 Å². The van der Waals surface area contributed by atoms with Crippen molar-refractivity contribution in [3.05, 3.63) is 35.5 Å². The second-order valence-corrected chi connectivity index (χ2v) is 22.8. The summed E-state index contributed by atoms with van der Waals surface area (Å²) in [6.45, 7) is 22.7. The molecule has 52 heavy (non-hydrogen) atoms. The van der Waals surface area contributed by atoms with Crippen molar-refractivity contribution >= 4 is 16.6 Å². The number of alkyl halides is 1. The molecular weight excluding hydrogens is 672 g/mol. The summed E-state index contributed by atoms with van der Waals surface area (Å²) in [6.07, 6.45) is 18.0. The first kappa shape index (κ1) is 39.1. The van der Waals surface area contributed by atoms with Crippen molar-refractivity contribution in [2.75, 3.05) is 44.4 Å². The highest BCUT2D eigenvalue weighted by molar-refractivity contribution is 8.24. The van der Waals surface area contributed by atoms with Crippen LogP contribution < -0.4 is 5.32 Å². The predicted molar refractivity (Wildman–Crippen MR) is 212 cm³/mol. The molecule has 1 saturated heterocycles. The Labute approximate surface area is 316 Å². The van der Waals surface area contributed by atoms with Crippen LogP contribution in [0, 0.1) is 56.7 Å². The third-order valence-corrected chi connectivity index (χ3v) is 19.7. The van der Waals surface area contributed by atoms with Crippen LogP contribution in [0.2, 0.25) is 0 Å². The van der Waals surface area contributed by atoms with Crippen molar-refractivity contribution in [1.29, 1.82) is 0 Å². The fourth-order valence-corrected chi connectivity index (χ4v) is 16.2. The quantitative estimate of drug-likeness (QED) is 0.185. The molecule has 7 rings (SSSR count). The molecule has 0 radical (unpaired) electrons. The minimum Gasteiger partial charge on any atom is -0.481 e. The van der Waals surface area contributed by atoms with Crippen molar-refractivity contribution in [3.63, 3.8) is 0 Å². The van der Waals surface area contributed by atoms with Crippen LogP contribution >= 0.6 is 10.6 Å². The molecule has 6 nitrogen and oxygen atoms in total. The summed E-state index contributed by atoms with van der Waals surface area (Å²) >= 11 is 0. The van der Waals surface area contributed by atoms with Gasteiger partial charge < -0.3 is 15.3 Å². The minimum atomic E-state index is -2.41. The van der Waals surface area contributed by atoms with E-state index in [1.807, 2.05) is 0 Å². The summed E-state index contributed by atoms with van der Waals surface area (Å²) in [7, 11) is -2.41. The lowest BCUT2D eigenvalue weighted by atomic mass is 9.33. The maximum Gasteiger partial charge on any atom is 0.312 e. The van der Waals surface area contributed by atoms with Gasteiger partial charge in [0.25, 0.3) is 0 Å². The first-order valence-electron chi connectivity index (χ1n) is 20.9. The molecule has 4 N–H and O–H groups in total. The molecule has 8 heteroatoms. The SMILES string of the molecule is C=C(C)[C@@H]1CC[C@]2(NCCN3CCCS(O)(O)CC3)CC[C@]3(C)[C@H](CC[C@@H]4[C@@]5(C)CC=C(C6=CC[C@](CF)(C(=O)O)CC6)C(C)(C)[C@@H]5CC[C@]43C)[C@@H]12. The summed E-state index contributed by atoms with van der Waals surface area (Å²) in [6, 6.07) is 0. The number of rotatable bonds is 8. The number of carboxylic acid groups (broad SMARTS) is 1. The van der Waals surface area contributed by atoms with Crippen molar-refractivity contribution in [3.8, 4) is 0 Å². The molecular formula is C44H71FN2O4S. The maximum atomic E-state index is 14.0. The van der Waals surface area contributed by atoms with E-state index in [9.17, 15) is 23.4 Å². The standard InChI is InChI=1S/C44H71FN2O4S/c1-30(2)32-13-20-44(46-23-25-47-24-8-27-52(50,51)28-26-47)22-21-41(6)34(37(32)44)9-10-36-40(5)16-14-33(39(3,4)35(40)15-17-42(36,41)7)31-11-18-43(29-45,19-12-31)38(48)49/h11,14,32,34-37,46,50-51H,1,8-10,12-13,15-29H2,2-7H3,(H,48,49)/t32-,34+,35-,36+,37+,40-,41+,42+,43-,44-/m0/s1. The van der Waals surface area contributed by atoms with Crippen molar-refractivity contribution in [2.45, 2.75) is 131 Å². The summed E-state index contributed by atoms with van der Waals surface area (Å²) in [5.41, 5.74) is 3.69. The van der Waals surface area contributed by atoms with E-state index in [1.165, 1.54) is 68.1 Å². The van der Waals surface area contributed by atoms with Crippen molar-refractivity contribution in [1.82, 2.24) is 10.2 Å². The Morgan fingerprint density at radius 1 is 0.942 bits per heavy atom. The Hall–Kier alpha value is -1.19. The summed E-state index contributed by atoms with van der Waals surface area (Å²) in [5.74, 6) is 3.13. The van der Waals surface area contributed by atoms with E-state index in [1.54, 1.807) is 0 Å². The van der Waals surface area contributed by atoms with Gasteiger partial charge in [0.15, 0.2) is 0 Å². The fraction of sp³-hybridized carbons (Fsp3) is 0.841. The zero-order valence-electron chi connectivity index (χ0n) is 33.4. The van der Waals surface area contributed by atoms with Crippen molar-refractivity contribution < 1.29 is 23.4 Å². The zero-order chi connectivity index (χ0) is 37.5. The van der Waals surface area contributed by atoms with Gasteiger partial charge in [-0.2, -0.15) is 10.6 Å². The topological polar surface area (TPSA) is 93.0 Å². The molecule has 5 fully saturated rings. The number of halogens is 1.